The summed E-state index contributed by atoms with van der Waals surface area (Å²) in [6.45, 7) is 3.95. The van der Waals surface area contributed by atoms with Crippen LogP contribution in [0, 0.1) is 6.92 Å². The number of carbonyl (C=O) groups excluding carboxylic acids is 1. The molecule has 0 saturated carbocycles. The Kier molecular flexibility index (Phi) is 7.80. The topological polar surface area (TPSA) is 121 Å². The molecule has 5 aromatic rings. The third-order valence-corrected chi connectivity index (χ3v) is 7.55. The van der Waals surface area contributed by atoms with Crippen molar-refractivity contribution in [3.63, 3.8) is 0 Å². The monoisotopic (exact) mass is 610 g/mol. The summed E-state index contributed by atoms with van der Waals surface area (Å²) < 4.78 is 69.7. The molecule has 3 aromatic carbocycles. The highest BCUT2D eigenvalue weighted by Crippen LogP contribution is 2.33. The zero-order chi connectivity index (χ0) is 30.9. The lowest BCUT2D eigenvalue weighted by Crippen LogP contribution is -2.22. The molecule has 10 nitrogen and oxygen atoms in total. The lowest BCUT2D eigenvalue weighted by molar-refractivity contribution is -0.274. The Balaban J connectivity index is 1.67. The van der Waals surface area contributed by atoms with Crippen LogP contribution < -0.4 is 10.1 Å². The predicted octanol–water partition coefficient (Wildman–Crippen LogP) is 5.15. The lowest BCUT2D eigenvalue weighted by Gasteiger charge is -2.16. The summed E-state index contributed by atoms with van der Waals surface area (Å²) in [6, 6.07) is 17.1. The Morgan fingerprint density at radius 1 is 0.977 bits per heavy atom. The number of sulfone groups is 1. The molecule has 0 atom stereocenters. The van der Waals surface area contributed by atoms with E-state index in [1.165, 1.54) is 41.2 Å². The number of imidazole rings is 1. The van der Waals surface area contributed by atoms with E-state index in [0.29, 0.717) is 46.1 Å². The molecule has 0 radical (unpaired) electrons. The first-order valence-electron chi connectivity index (χ1n) is 12.9. The van der Waals surface area contributed by atoms with E-state index >= 15 is 0 Å². The van der Waals surface area contributed by atoms with Crippen LogP contribution in [0.2, 0.25) is 0 Å². The van der Waals surface area contributed by atoms with Gasteiger partial charge in [-0.15, -0.1) is 18.3 Å². The van der Waals surface area contributed by atoms with Crippen LogP contribution in [0.5, 0.6) is 5.75 Å². The van der Waals surface area contributed by atoms with E-state index in [4.69, 9.17) is 0 Å². The Labute approximate surface area is 244 Å². The van der Waals surface area contributed by atoms with Gasteiger partial charge in [-0.3, -0.25) is 4.79 Å². The third-order valence-electron chi connectivity index (χ3n) is 6.44. The number of ether oxygens (including phenoxy) is 1. The van der Waals surface area contributed by atoms with Gasteiger partial charge in [-0.1, -0.05) is 23.4 Å². The summed E-state index contributed by atoms with van der Waals surface area (Å²) in [5, 5.41) is 11.0. The van der Waals surface area contributed by atoms with Crippen LogP contribution in [0.25, 0.3) is 33.8 Å². The molecule has 0 spiro atoms. The SMILES string of the molecule is CCNC(=O)c1cn(-c2ccc(-c3cccc(S(C)(=O)=O)c3)cc2-n2nncc2-c2ccc(OC(F)(F)F)cc2)c(C)n1. The second-order valence-electron chi connectivity index (χ2n) is 9.51. The van der Waals surface area contributed by atoms with Crippen LogP contribution in [-0.4, -0.2) is 58.0 Å². The molecular formula is C29H25F3N6O4S. The number of rotatable bonds is 8. The average molecular weight is 611 g/mol. The van der Waals surface area contributed by atoms with Crippen LogP contribution in [0.3, 0.4) is 0 Å². The molecule has 2 aromatic heterocycles. The van der Waals surface area contributed by atoms with E-state index in [0.717, 1.165) is 6.26 Å². The number of nitrogens with one attached hydrogen (secondary N) is 1. The highest BCUT2D eigenvalue weighted by molar-refractivity contribution is 7.90. The van der Waals surface area contributed by atoms with Crippen molar-refractivity contribution in [3.8, 4) is 39.5 Å². The van der Waals surface area contributed by atoms with Gasteiger partial charge in [-0.2, -0.15) is 0 Å². The van der Waals surface area contributed by atoms with E-state index in [1.807, 2.05) is 0 Å². The number of aryl methyl sites for hydroxylation is 1. The Morgan fingerprint density at radius 2 is 1.67 bits per heavy atom. The van der Waals surface area contributed by atoms with Crippen molar-refractivity contribution in [1.29, 1.82) is 0 Å². The number of alkyl halides is 3. The maximum absolute atomic E-state index is 12.7. The second-order valence-corrected chi connectivity index (χ2v) is 11.5. The number of benzene rings is 3. The highest BCUT2D eigenvalue weighted by Gasteiger charge is 2.31. The van der Waals surface area contributed by atoms with Crippen molar-refractivity contribution in [2.24, 2.45) is 0 Å². The molecule has 5 rings (SSSR count). The van der Waals surface area contributed by atoms with Gasteiger partial charge in [-0.25, -0.2) is 18.1 Å². The number of amides is 1. The summed E-state index contributed by atoms with van der Waals surface area (Å²) >= 11 is 0. The molecule has 0 fully saturated rings. The number of hydrogen-bond acceptors (Lipinski definition) is 7. The molecule has 0 unspecified atom stereocenters. The van der Waals surface area contributed by atoms with Crippen LogP contribution in [-0.2, 0) is 9.84 Å². The molecule has 0 aliphatic heterocycles. The standard InChI is InChI=1S/C29H25F3N6O4S/c1-4-33-28(39)24-17-37(18(2)35-24)25-13-10-21(20-6-5-7-23(14-20)43(3,40)41)15-26(25)38-27(16-34-36-38)19-8-11-22(12-9-19)42-29(30,31)32/h5-17H,4H2,1-3H3,(H,33,39). The zero-order valence-corrected chi connectivity index (χ0v) is 23.9. The van der Waals surface area contributed by atoms with Crippen molar-refractivity contribution >= 4 is 15.7 Å². The Hall–Kier alpha value is -4.98. The quantitative estimate of drug-likeness (QED) is 0.258. The van der Waals surface area contributed by atoms with Gasteiger partial charge in [0, 0.05) is 24.6 Å². The fourth-order valence-corrected chi connectivity index (χ4v) is 5.16. The van der Waals surface area contributed by atoms with E-state index in [1.54, 1.807) is 61.0 Å². The summed E-state index contributed by atoms with van der Waals surface area (Å²) in [7, 11) is -3.47. The number of nitrogens with zero attached hydrogens (tertiary/aromatic N) is 5. The molecule has 0 aliphatic rings. The van der Waals surface area contributed by atoms with Crippen molar-refractivity contribution in [2.45, 2.75) is 25.1 Å². The highest BCUT2D eigenvalue weighted by atomic mass is 32.2. The molecule has 0 aliphatic carbocycles. The van der Waals surface area contributed by atoms with Gasteiger partial charge in [0.15, 0.2) is 9.84 Å². The fourth-order valence-electron chi connectivity index (χ4n) is 4.50. The van der Waals surface area contributed by atoms with Crippen molar-refractivity contribution in [3.05, 3.63) is 90.6 Å². The van der Waals surface area contributed by atoms with Crippen LogP contribution in [0.15, 0.2) is 84.0 Å². The molecule has 0 bridgehead atoms. The van der Waals surface area contributed by atoms with Gasteiger partial charge in [-0.05, 0) is 73.5 Å². The molecule has 14 heteroatoms. The van der Waals surface area contributed by atoms with Crippen LogP contribution in [0.4, 0.5) is 13.2 Å². The summed E-state index contributed by atoms with van der Waals surface area (Å²) in [5.74, 6) is -0.219. The van der Waals surface area contributed by atoms with Crippen molar-refractivity contribution in [1.82, 2.24) is 29.9 Å². The summed E-state index contributed by atoms with van der Waals surface area (Å²) in [5.41, 5.74) is 3.47. The van der Waals surface area contributed by atoms with Gasteiger partial charge >= 0.3 is 6.36 Å². The largest absolute Gasteiger partial charge is 0.573 e. The number of aromatic nitrogens is 5. The maximum Gasteiger partial charge on any atom is 0.573 e. The molecule has 43 heavy (non-hydrogen) atoms. The third kappa shape index (κ3) is 6.43. The second kappa shape index (κ2) is 11.4. The molecular weight excluding hydrogens is 585 g/mol. The van der Waals surface area contributed by atoms with Gasteiger partial charge in [0.1, 0.15) is 17.3 Å². The normalized spacial score (nSPS) is 11.9. The molecule has 1 amide bonds. The van der Waals surface area contributed by atoms with E-state index in [9.17, 15) is 26.4 Å². The minimum Gasteiger partial charge on any atom is -0.406 e. The van der Waals surface area contributed by atoms with Gasteiger partial charge in [0.25, 0.3) is 5.91 Å². The smallest absolute Gasteiger partial charge is 0.406 e. The fraction of sp³-hybridized carbons (Fsp3) is 0.172. The van der Waals surface area contributed by atoms with Gasteiger partial charge < -0.3 is 14.6 Å². The van der Waals surface area contributed by atoms with Gasteiger partial charge in [0.05, 0.1) is 28.2 Å². The van der Waals surface area contributed by atoms with E-state index in [-0.39, 0.29) is 22.2 Å². The number of halogens is 3. The minimum absolute atomic E-state index is 0.148. The Morgan fingerprint density at radius 3 is 2.35 bits per heavy atom. The number of carbonyl (C=O) groups is 1. The summed E-state index contributed by atoms with van der Waals surface area (Å²) in [6.07, 6.45) is -0.657. The Bertz CT molecular complexity index is 1920. The molecule has 2 heterocycles. The van der Waals surface area contributed by atoms with Crippen LogP contribution in [0.1, 0.15) is 23.2 Å². The van der Waals surface area contributed by atoms with Gasteiger partial charge in [0.2, 0.25) is 0 Å². The lowest BCUT2D eigenvalue weighted by atomic mass is 10.0. The maximum atomic E-state index is 12.7. The molecule has 1 N–H and O–H groups in total. The van der Waals surface area contributed by atoms with Crippen molar-refractivity contribution in [2.75, 3.05) is 12.8 Å². The molecule has 0 saturated heterocycles. The molecule has 222 valence electrons. The first-order chi connectivity index (χ1) is 20.3. The predicted molar refractivity (Wildman–Crippen MR) is 152 cm³/mol. The minimum atomic E-state index is -4.83. The number of hydrogen-bond donors (Lipinski definition) is 1. The first-order valence-corrected chi connectivity index (χ1v) is 14.8. The first kappa shape index (κ1) is 29.5. The van der Waals surface area contributed by atoms with Crippen LogP contribution >= 0.6 is 0 Å². The van der Waals surface area contributed by atoms with E-state index in [2.05, 4.69) is 25.3 Å². The summed E-state index contributed by atoms with van der Waals surface area (Å²) in [4.78, 5) is 17.1. The van der Waals surface area contributed by atoms with Crippen molar-refractivity contribution < 1.29 is 31.1 Å². The zero-order valence-electron chi connectivity index (χ0n) is 23.1. The average Bonchev–Trinajstić information content (AvgIpc) is 3.59. The van der Waals surface area contributed by atoms with E-state index < -0.39 is 16.2 Å².